The van der Waals surface area contributed by atoms with Crippen molar-refractivity contribution in [2.24, 2.45) is 5.73 Å². The second kappa shape index (κ2) is 5.07. The number of aromatic nitrogens is 1. The third kappa shape index (κ3) is 3.98. The molecule has 0 fully saturated rings. The van der Waals surface area contributed by atoms with E-state index in [-0.39, 0.29) is 11.4 Å². The van der Waals surface area contributed by atoms with Crippen molar-refractivity contribution in [2.45, 2.75) is 38.8 Å². The molecule has 1 rings (SSSR count). The summed E-state index contributed by atoms with van der Waals surface area (Å²) in [7, 11) is 0. The highest BCUT2D eigenvalue weighted by molar-refractivity contribution is 5.81. The summed E-state index contributed by atoms with van der Waals surface area (Å²) in [6.07, 6.45) is 4.27. The van der Waals surface area contributed by atoms with Gasteiger partial charge >= 0.3 is 0 Å². The minimum absolute atomic E-state index is 0.131. The minimum atomic E-state index is -0.479. The van der Waals surface area contributed by atoms with Crippen LogP contribution in [-0.2, 0) is 11.2 Å². The van der Waals surface area contributed by atoms with Crippen LogP contribution in [0.4, 0.5) is 0 Å². The fourth-order valence-corrected chi connectivity index (χ4v) is 1.50. The molecule has 4 heteroatoms. The van der Waals surface area contributed by atoms with Crippen LogP contribution < -0.4 is 11.1 Å². The highest BCUT2D eigenvalue weighted by Gasteiger charge is 2.22. The molecule has 1 aromatic rings. The van der Waals surface area contributed by atoms with Crippen molar-refractivity contribution in [3.8, 4) is 0 Å². The molecule has 0 radical (unpaired) electrons. The van der Waals surface area contributed by atoms with E-state index in [2.05, 4.69) is 10.3 Å². The lowest BCUT2D eigenvalue weighted by molar-refractivity contribution is -0.123. The summed E-state index contributed by atoms with van der Waals surface area (Å²) in [5.74, 6) is -0.131. The number of nitrogens with two attached hydrogens (primary N) is 1. The van der Waals surface area contributed by atoms with E-state index in [0.717, 1.165) is 12.0 Å². The van der Waals surface area contributed by atoms with Gasteiger partial charge in [0.25, 0.3) is 0 Å². The van der Waals surface area contributed by atoms with Crippen LogP contribution in [0.2, 0.25) is 0 Å². The lowest BCUT2D eigenvalue weighted by Crippen LogP contribution is -2.50. The average Bonchev–Trinajstić information content (AvgIpc) is 2.17. The summed E-state index contributed by atoms with van der Waals surface area (Å²) in [6.45, 7) is 5.62. The Morgan fingerprint density at radius 3 is 2.81 bits per heavy atom. The molecule has 1 atom stereocenters. The maximum Gasteiger partial charge on any atom is 0.237 e. The Kier molecular flexibility index (Phi) is 4.01. The molecule has 1 aromatic heterocycles. The number of rotatable bonds is 4. The van der Waals surface area contributed by atoms with Crippen LogP contribution in [0.15, 0.2) is 24.5 Å². The number of pyridine rings is 1. The Morgan fingerprint density at radius 1 is 1.62 bits per heavy atom. The van der Waals surface area contributed by atoms with Gasteiger partial charge in [-0.15, -0.1) is 0 Å². The SMILES string of the molecule is C[C@H](N)C(=O)NC(C)(C)Cc1cccnc1. The van der Waals surface area contributed by atoms with Crippen molar-refractivity contribution < 1.29 is 4.79 Å². The van der Waals surface area contributed by atoms with E-state index >= 15 is 0 Å². The smallest absolute Gasteiger partial charge is 0.237 e. The standard InChI is InChI=1S/C12H19N3O/c1-9(13)11(16)15-12(2,3)7-10-5-4-6-14-8-10/h4-6,8-9H,7,13H2,1-3H3,(H,15,16)/t9-/m0/s1. The maximum absolute atomic E-state index is 11.5. The minimum Gasteiger partial charge on any atom is -0.350 e. The average molecular weight is 221 g/mol. The fourth-order valence-electron chi connectivity index (χ4n) is 1.50. The summed E-state index contributed by atoms with van der Waals surface area (Å²) < 4.78 is 0. The lowest BCUT2D eigenvalue weighted by Gasteiger charge is -2.27. The summed E-state index contributed by atoms with van der Waals surface area (Å²) >= 11 is 0. The van der Waals surface area contributed by atoms with Gasteiger partial charge in [-0.25, -0.2) is 0 Å². The third-order valence-corrected chi connectivity index (χ3v) is 2.24. The number of hydrogen-bond acceptors (Lipinski definition) is 3. The van der Waals surface area contributed by atoms with Crippen LogP contribution in [-0.4, -0.2) is 22.5 Å². The van der Waals surface area contributed by atoms with Crippen molar-refractivity contribution in [3.05, 3.63) is 30.1 Å². The molecule has 1 heterocycles. The molecule has 4 nitrogen and oxygen atoms in total. The zero-order valence-corrected chi connectivity index (χ0v) is 10.0. The number of carbonyl (C=O) groups excluding carboxylic acids is 1. The molecule has 0 saturated carbocycles. The number of hydrogen-bond donors (Lipinski definition) is 2. The molecule has 0 spiro atoms. The first-order chi connectivity index (χ1) is 7.41. The van der Waals surface area contributed by atoms with Gasteiger partial charge in [0.2, 0.25) is 5.91 Å². The normalized spacial score (nSPS) is 13.2. The van der Waals surface area contributed by atoms with Crippen LogP contribution in [0.3, 0.4) is 0 Å². The van der Waals surface area contributed by atoms with E-state index in [1.807, 2.05) is 26.0 Å². The van der Waals surface area contributed by atoms with E-state index in [0.29, 0.717) is 0 Å². The van der Waals surface area contributed by atoms with Gasteiger partial charge in [0.15, 0.2) is 0 Å². The molecule has 88 valence electrons. The Bertz CT molecular complexity index is 347. The number of nitrogens with zero attached hydrogens (tertiary/aromatic N) is 1. The molecule has 0 unspecified atom stereocenters. The first kappa shape index (κ1) is 12.6. The highest BCUT2D eigenvalue weighted by Crippen LogP contribution is 2.11. The van der Waals surface area contributed by atoms with Gasteiger partial charge in [0.05, 0.1) is 6.04 Å². The third-order valence-electron chi connectivity index (χ3n) is 2.24. The van der Waals surface area contributed by atoms with Gasteiger partial charge in [-0.05, 0) is 38.8 Å². The van der Waals surface area contributed by atoms with Crippen molar-refractivity contribution in [1.82, 2.24) is 10.3 Å². The molecule has 0 aliphatic rings. The van der Waals surface area contributed by atoms with Crippen LogP contribution in [0.5, 0.6) is 0 Å². The fraction of sp³-hybridized carbons (Fsp3) is 0.500. The van der Waals surface area contributed by atoms with E-state index in [1.54, 1.807) is 19.3 Å². The zero-order valence-electron chi connectivity index (χ0n) is 10.0. The topological polar surface area (TPSA) is 68.0 Å². The molecule has 16 heavy (non-hydrogen) atoms. The van der Waals surface area contributed by atoms with E-state index < -0.39 is 6.04 Å². The summed E-state index contributed by atoms with van der Waals surface area (Å²) in [5, 5.41) is 2.91. The van der Waals surface area contributed by atoms with Crippen LogP contribution in [0.1, 0.15) is 26.3 Å². The number of nitrogens with one attached hydrogen (secondary N) is 1. The van der Waals surface area contributed by atoms with Crippen molar-refractivity contribution >= 4 is 5.91 Å². The predicted molar refractivity (Wildman–Crippen MR) is 63.8 cm³/mol. The molecular formula is C12H19N3O. The second-order valence-corrected chi connectivity index (χ2v) is 4.70. The van der Waals surface area contributed by atoms with Crippen LogP contribution >= 0.6 is 0 Å². The molecule has 0 bridgehead atoms. The van der Waals surface area contributed by atoms with Crippen molar-refractivity contribution in [2.75, 3.05) is 0 Å². The Hall–Kier alpha value is -1.42. The van der Waals surface area contributed by atoms with Crippen LogP contribution in [0.25, 0.3) is 0 Å². The van der Waals surface area contributed by atoms with Gasteiger partial charge in [0, 0.05) is 17.9 Å². The maximum atomic E-state index is 11.5. The quantitative estimate of drug-likeness (QED) is 0.792. The van der Waals surface area contributed by atoms with Crippen LogP contribution in [0, 0.1) is 0 Å². The summed E-state index contributed by atoms with van der Waals surface area (Å²) in [5.41, 5.74) is 6.30. The Morgan fingerprint density at radius 2 is 2.31 bits per heavy atom. The monoisotopic (exact) mass is 221 g/mol. The second-order valence-electron chi connectivity index (χ2n) is 4.70. The van der Waals surface area contributed by atoms with Gasteiger partial charge in [-0.3, -0.25) is 9.78 Å². The Balaban J connectivity index is 2.62. The molecule has 0 aromatic carbocycles. The highest BCUT2D eigenvalue weighted by atomic mass is 16.2. The first-order valence-electron chi connectivity index (χ1n) is 5.37. The molecule has 0 aliphatic heterocycles. The summed E-state index contributed by atoms with van der Waals surface area (Å²) in [4.78, 5) is 15.5. The zero-order chi connectivity index (χ0) is 12.2. The largest absolute Gasteiger partial charge is 0.350 e. The first-order valence-corrected chi connectivity index (χ1v) is 5.37. The van der Waals surface area contributed by atoms with Crippen molar-refractivity contribution in [1.29, 1.82) is 0 Å². The lowest BCUT2D eigenvalue weighted by atomic mass is 9.95. The number of amides is 1. The number of carbonyl (C=O) groups is 1. The molecule has 3 N–H and O–H groups in total. The summed E-state index contributed by atoms with van der Waals surface area (Å²) in [6, 6.07) is 3.40. The molecule has 0 saturated heterocycles. The van der Waals surface area contributed by atoms with E-state index in [4.69, 9.17) is 5.73 Å². The Labute approximate surface area is 96.3 Å². The molecule has 1 amide bonds. The van der Waals surface area contributed by atoms with Gasteiger partial charge in [0.1, 0.15) is 0 Å². The van der Waals surface area contributed by atoms with Gasteiger partial charge < -0.3 is 11.1 Å². The van der Waals surface area contributed by atoms with Crippen molar-refractivity contribution in [3.63, 3.8) is 0 Å². The predicted octanol–water partition coefficient (Wildman–Crippen LogP) is 0.866. The van der Waals surface area contributed by atoms with Gasteiger partial charge in [-0.2, -0.15) is 0 Å². The molecular weight excluding hydrogens is 202 g/mol. The van der Waals surface area contributed by atoms with Gasteiger partial charge in [-0.1, -0.05) is 6.07 Å². The van der Waals surface area contributed by atoms with E-state index in [1.165, 1.54) is 0 Å². The molecule has 0 aliphatic carbocycles. The van der Waals surface area contributed by atoms with E-state index in [9.17, 15) is 4.79 Å².